The second-order valence-corrected chi connectivity index (χ2v) is 5.48. The van der Waals surface area contributed by atoms with Gasteiger partial charge in [0.15, 0.2) is 0 Å². The Kier molecular flexibility index (Phi) is 4.19. The molecule has 0 atom stereocenters. The Morgan fingerprint density at radius 3 is 2.86 bits per heavy atom. The summed E-state index contributed by atoms with van der Waals surface area (Å²) in [5.74, 6) is 0. The predicted molar refractivity (Wildman–Crippen MR) is 83.1 cm³/mol. The molecule has 1 saturated carbocycles. The fourth-order valence-corrected chi connectivity index (χ4v) is 2.78. The van der Waals surface area contributed by atoms with Crippen LogP contribution in [-0.2, 0) is 0 Å². The first-order valence-electron chi connectivity index (χ1n) is 7.47. The average Bonchev–Trinajstić information content (AvgIpc) is 3.02. The molecular formula is C16H20N4O. The van der Waals surface area contributed by atoms with E-state index in [2.05, 4.69) is 20.6 Å². The van der Waals surface area contributed by atoms with Crippen LogP contribution in [0.1, 0.15) is 32.1 Å². The van der Waals surface area contributed by atoms with Crippen LogP contribution in [0.3, 0.4) is 0 Å². The molecular weight excluding hydrogens is 264 g/mol. The monoisotopic (exact) mass is 284 g/mol. The second-order valence-electron chi connectivity index (χ2n) is 5.48. The van der Waals surface area contributed by atoms with Crippen molar-refractivity contribution in [2.24, 2.45) is 0 Å². The van der Waals surface area contributed by atoms with E-state index in [4.69, 9.17) is 0 Å². The van der Waals surface area contributed by atoms with Crippen molar-refractivity contribution < 1.29 is 4.79 Å². The Labute approximate surface area is 124 Å². The van der Waals surface area contributed by atoms with E-state index in [0.29, 0.717) is 6.04 Å². The molecule has 1 aromatic carbocycles. The molecule has 1 aromatic heterocycles. The first-order chi connectivity index (χ1) is 10.3. The number of anilines is 1. The number of H-pyrrole nitrogens is 1. The molecule has 0 aliphatic heterocycles. The van der Waals surface area contributed by atoms with E-state index in [0.717, 1.165) is 29.8 Å². The highest BCUT2D eigenvalue weighted by Crippen LogP contribution is 2.21. The molecule has 21 heavy (non-hydrogen) atoms. The Balaban J connectivity index is 1.62. The van der Waals surface area contributed by atoms with Gasteiger partial charge in [-0.2, -0.15) is 0 Å². The number of carbonyl (C=O) groups excluding carboxylic acids is 1. The number of carbonyl (C=O) groups is 1. The summed E-state index contributed by atoms with van der Waals surface area (Å²) in [6, 6.07) is 7.93. The van der Waals surface area contributed by atoms with Crippen molar-refractivity contribution in [2.45, 2.75) is 38.1 Å². The zero-order valence-corrected chi connectivity index (χ0v) is 11.9. The fourth-order valence-electron chi connectivity index (χ4n) is 2.78. The smallest absolute Gasteiger partial charge is 0.319 e. The second kappa shape index (κ2) is 6.43. The van der Waals surface area contributed by atoms with Gasteiger partial charge in [-0.05, 0) is 25.0 Å². The van der Waals surface area contributed by atoms with Crippen molar-refractivity contribution in [3.05, 3.63) is 36.8 Å². The maximum absolute atomic E-state index is 12.0. The third kappa shape index (κ3) is 3.62. The summed E-state index contributed by atoms with van der Waals surface area (Å²) in [6.07, 6.45) is 9.28. The van der Waals surface area contributed by atoms with Crippen LogP contribution in [0.2, 0.25) is 0 Å². The van der Waals surface area contributed by atoms with Crippen molar-refractivity contribution in [1.29, 1.82) is 0 Å². The Hall–Kier alpha value is -2.30. The number of amides is 2. The van der Waals surface area contributed by atoms with Gasteiger partial charge in [-0.15, -0.1) is 0 Å². The van der Waals surface area contributed by atoms with Gasteiger partial charge in [0.1, 0.15) is 0 Å². The van der Waals surface area contributed by atoms with Gasteiger partial charge < -0.3 is 15.6 Å². The molecule has 0 bridgehead atoms. The summed E-state index contributed by atoms with van der Waals surface area (Å²) in [7, 11) is 0. The third-order valence-corrected chi connectivity index (χ3v) is 3.87. The normalized spacial score (nSPS) is 15.6. The summed E-state index contributed by atoms with van der Waals surface area (Å²) in [5.41, 5.74) is 2.73. The standard InChI is InChI=1S/C16H20N4O/c21-16(19-13-6-2-1-3-7-13)20-14-8-4-5-12(9-14)15-10-17-11-18-15/h4-5,8-11,13H,1-3,6-7H2,(H,17,18)(H2,19,20,21). The van der Waals surface area contributed by atoms with E-state index < -0.39 is 0 Å². The molecule has 3 rings (SSSR count). The van der Waals surface area contributed by atoms with E-state index in [-0.39, 0.29) is 6.03 Å². The van der Waals surface area contributed by atoms with E-state index in [1.807, 2.05) is 24.3 Å². The van der Waals surface area contributed by atoms with E-state index in [1.54, 1.807) is 12.5 Å². The first-order valence-corrected chi connectivity index (χ1v) is 7.47. The molecule has 1 heterocycles. The Bertz CT molecular complexity index is 588. The SMILES string of the molecule is O=C(Nc1cccc(-c2cnc[nH]2)c1)NC1CCCCC1. The van der Waals surface area contributed by atoms with Crippen LogP contribution in [0.5, 0.6) is 0 Å². The van der Waals surface area contributed by atoms with Gasteiger partial charge in [0, 0.05) is 17.3 Å². The summed E-state index contributed by atoms with van der Waals surface area (Å²) >= 11 is 0. The molecule has 2 aromatic rings. The van der Waals surface area contributed by atoms with Gasteiger partial charge in [0.25, 0.3) is 0 Å². The molecule has 2 amide bonds. The van der Waals surface area contributed by atoms with Crippen molar-refractivity contribution >= 4 is 11.7 Å². The molecule has 0 radical (unpaired) electrons. The van der Waals surface area contributed by atoms with Crippen molar-refractivity contribution in [2.75, 3.05) is 5.32 Å². The number of hydrogen-bond acceptors (Lipinski definition) is 2. The first kappa shape index (κ1) is 13.7. The van der Waals surface area contributed by atoms with Gasteiger partial charge in [0.05, 0.1) is 18.2 Å². The largest absolute Gasteiger partial charge is 0.345 e. The summed E-state index contributed by atoms with van der Waals surface area (Å²) < 4.78 is 0. The Morgan fingerprint density at radius 2 is 2.10 bits per heavy atom. The number of aromatic amines is 1. The van der Waals surface area contributed by atoms with Crippen molar-refractivity contribution in [3.8, 4) is 11.3 Å². The lowest BCUT2D eigenvalue weighted by molar-refractivity contribution is 0.244. The Morgan fingerprint density at radius 1 is 1.24 bits per heavy atom. The molecule has 110 valence electrons. The quantitative estimate of drug-likeness (QED) is 0.807. The maximum Gasteiger partial charge on any atom is 0.319 e. The summed E-state index contributed by atoms with van der Waals surface area (Å²) in [6.45, 7) is 0. The van der Waals surface area contributed by atoms with Gasteiger partial charge in [0.2, 0.25) is 0 Å². The average molecular weight is 284 g/mol. The van der Waals surface area contributed by atoms with E-state index in [9.17, 15) is 4.79 Å². The minimum absolute atomic E-state index is 0.122. The molecule has 1 aliphatic carbocycles. The molecule has 0 unspecified atom stereocenters. The topological polar surface area (TPSA) is 69.8 Å². The number of nitrogens with zero attached hydrogens (tertiary/aromatic N) is 1. The number of imidazole rings is 1. The number of benzene rings is 1. The molecule has 0 saturated heterocycles. The number of urea groups is 1. The van der Waals surface area contributed by atoms with Gasteiger partial charge in [-0.1, -0.05) is 31.4 Å². The third-order valence-electron chi connectivity index (χ3n) is 3.87. The van der Waals surface area contributed by atoms with E-state index in [1.165, 1.54) is 19.3 Å². The number of nitrogens with one attached hydrogen (secondary N) is 3. The maximum atomic E-state index is 12.0. The number of hydrogen-bond donors (Lipinski definition) is 3. The molecule has 5 heteroatoms. The van der Waals surface area contributed by atoms with Gasteiger partial charge in [-0.25, -0.2) is 9.78 Å². The van der Waals surface area contributed by atoms with Crippen LogP contribution in [0.4, 0.5) is 10.5 Å². The summed E-state index contributed by atoms with van der Waals surface area (Å²) in [5, 5.41) is 5.96. The van der Waals surface area contributed by atoms with Crippen LogP contribution >= 0.6 is 0 Å². The zero-order valence-electron chi connectivity index (χ0n) is 11.9. The molecule has 1 fully saturated rings. The minimum Gasteiger partial charge on any atom is -0.345 e. The van der Waals surface area contributed by atoms with Crippen LogP contribution in [0.25, 0.3) is 11.3 Å². The van der Waals surface area contributed by atoms with Crippen LogP contribution in [0, 0.1) is 0 Å². The highest BCUT2D eigenvalue weighted by Gasteiger charge is 2.15. The highest BCUT2D eigenvalue weighted by atomic mass is 16.2. The minimum atomic E-state index is -0.122. The molecule has 1 aliphatic rings. The fraction of sp³-hybridized carbons (Fsp3) is 0.375. The van der Waals surface area contributed by atoms with Crippen LogP contribution in [-0.4, -0.2) is 22.0 Å². The van der Waals surface area contributed by atoms with Crippen LogP contribution < -0.4 is 10.6 Å². The molecule has 3 N–H and O–H groups in total. The van der Waals surface area contributed by atoms with E-state index >= 15 is 0 Å². The van der Waals surface area contributed by atoms with Crippen molar-refractivity contribution in [1.82, 2.24) is 15.3 Å². The lowest BCUT2D eigenvalue weighted by Crippen LogP contribution is -2.39. The van der Waals surface area contributed by atoms with Crippen molar-refractivity contribution in [3.63, 3.8) is 0 Å². The number of rotatable bonds is 3. The zero-order chi connectivity index (χ0) is 14.5. The predicted octanol–water partition coefficient (Wildman–Crippen LogP) is 3.53. The molecule has 5 nitrogen and oxygen atoms in total. The lowest BCUT2D eigenvalue weighted by Gasteiger charge is -2.22. The number of aromatic nitrogens is 2. The van der Waals surface area contributed by atoms with Gasteiger partial charge >= 0.3 is 6.03 Å². The highest BCUT2D eigenvalue weighted by molar-refractivity contribution is 5.90. The van der Waals surface area contributed by atoms with Gasteiger partial charge in [-0.3, -0.25) is 0 Å². The molecule has 0 spiro atoms. The lowest BCUT2D eigenvalue weighted by atomic mass is 9.96. The van der Waals surface area contributed by atoms with Crippen LogP contribution in [0.15, 0.2) is 36.8 Å². The summed E-state index contributed by atoms with van der Waals surface area (Å²) in [4.78, 5) is 19.1.